The number of anilines is 2. The molecule has 1 saturated carbocycles. The normalized spacial score (nSPS) is 25.3. The van der Waals surface area contributed by atoms with Crippen LogP contribution < -0.4 is 21.2 Å². The highest BCUT2D eigenvalue weighted by atomic mass is 19.3. The molecule has 2 bridgehead atoms. The molecule has 0 radical (unpaired) electrons. The minimum absolute atomic E-state index is 0.00231. The Labute approximate surface area is 390 Å². The van der Waals surface area contributed by atoms with E-state index in [0.717, 1.165) is 108 Å². The molecular weight excluding hydrogens is 879 g/mol. The molecule has 4 aromatic heterocycles. The molecule has 5 saturated heterocycles. The number of rotatable bonds is 11. The van der Waals surface area contributed by atoms with Crippen molar-refractivity contribution in [3.05, 3.63) is 70.2 Å². The number of fused-ring (bicyclic) bond motifs is 4. The van der Waals surface area contributed by atoms with Crippen LogP contribution in [0.25, 0.3) is 16.7 Å². The number of aryl methyl sites for hydroxylation is 2. The molecule has 3 atom stereocenters. The van der Waals surface area contributed by atoms with E-state index >= 15 is 0 Å². The molecule has 9 heterocycles. The van der Waals surface area contributed by atoms with E-state index in [4.69, 9.17) is 9.72 Å². The van der Waals surface area contributed by atoms with Gasteiger partial charge in [0.05, 0.1) is 47.7 Å². The zero-order valence-electron chi connectivity index (χ0n) is 38.3. The van der Waals surface area contributed by atoms with E-state index in [-0.39, 0.29) is 65.2 Å². The molecule has 5 aromatic rings. The smallest absolute Gasteiger partial charge is 0.329 e. The van der Waals surface area contributed by atoms with Crippen molar-refractivity contribution in [1.29, 1.82) is 0 Å². The van der Waals surface area contributed by atoms with E-state index in [1.807, 2.05) is 29.2 Å². The number of morpholine rings is 1. The van der Waals surface area contributed by atoms with Gasteiger partial charge in [-0.15, -0.1) is 0 Å². The molecule has 18 nitrogen and oxygen atoms in total. The molecule has 5 aliphatic heterocycles. The van der Waals surface area contributed by atoms with Crippen molar-refractivity contribution in [1.82, 2.24) is 48.6 Å². The average Bonchev–Trinajstić information content (AvgIpc) is 4.20. The van der Waals surface area contributed by atoms with Crippen molar-refractivity contribution in [3.63, 3.8) is 0 Å². The maximum absolute atomic E-state index is 14.4. The highest BCUT2D eigenvalue weighted by Gasteiger charge is 2.41. The number of likely N-dealkylation sites (tertiary alicyclic amines) is 2. The number of halogens is 2. The fraction of sp³-hybridized carbons (Fsp3) is 0.583. The summed E-state index contributed by atoms with van der Waals surface area (Å²) in [7, 11) is 1.68. The summed E-state index contributed by atoms with van der Waals surface area (Å²) in [5, 5.41) is 13.7. The fourth-order valence-electron chi connectivity index (χ4n) is 12.1. The lowest BCUT2D eigenvalue weighted by Gasteiger charge is -2.47. The van der Waals surface area contributed by atoms with Gasteiger partial charge in [-0.2, -0.15) is 10.2 Å². The number of carbonyl (C=O) groups is 4. The molecule has 4 amide bonds. The number of benzene rings is 1. The van der Waals surface area contributed by atoms with Crippen LogP contribution >= 0.6 is 0 Å². The molecule has 1 unspecified atom stereocenters. The zero-order valence-corrected chi connectivity index (χ0v) is 38.3. The van der Waals surface area contributed by atoms with Gasteiger partial charge in [0.25, 0.3) is 12.3 Å². The molecule has 360 valence electrons. The van der Waals surface area contributed by atoms with Crippen LogP contribution in [0.5, 0.6) is 0 Å². The Morgan fingerprint density at radius 3 is 2.49 bits per heavy atom. The van der Waals surface area contributed by atoms with E-state index < -0.39 is 30.0 Å². The topological polar surface area (TPSA) is 186 Å². The molecule has 6 aliphatic rings. The predicted molar refractivity (Wildman–Crippen MR) is 245 cm³/mol. The highest BCUT2D eigenvalue weighted by molar-refractivity contribution is 6.08. The Balaban J connectivity index is 0.643. The van der Waals surface area contributed by atoms with Crippen LogP contribution in [-0.4, -0.2) is 125 Å². The summed E-state index contributed by atoms with van der Waals surface area (Å²) in [5.74, 6) is -0.0294. The number of imide groups is 1. The fourth-order valence-corrected chi connectivity index (χ4v) is 12.1. The zero-order chi connectivity index (χ0) is 46.8. The summed E-state index contributed by atoms with van der Waals surface area (Å²) in [5.41, 5.74) is 2.23. The first-order chi connectivity index (χ1) is 32.9. The number of ether oxygens (including phenoxy) is 1. The minimum atomic E-state index is -2.86. The average molecular weight is 937 g/mol. The van der Waals surface area contributed by atoms with E-state index in [9.17, 15) is 32.8 Å². The number of piperidine rings is 3. The molecule has 20 heteroatoms. The van der Waals surface area contributed by atoms with Crippen LogP contribution in [-0.2, 0) is 32.6 Å². The molecule has 68 heavy (non-hydrogen) atoms. The monoisotopic (exact) mass is 936 g/mol. The van der Waals surface area contributed by atoms with Crippen LogP contribution in [0.2, 0.25) is 0 Å². The second kappa shape index (κ2) is 17.8. The van der Waals surface area contributed by atoms with Crippen LogP contribution in [0, 0.1) is 11.3 Å². The van der Waals surface area contributed by atoms with E-state index in [2.05, 4.69) is 30.6 Å². The third-order valence-corrected chi connectivity index (χ3v) is 16.1. The van der Waals surface area contributed by atoms with Gasteiger partial charge in [0.2, 0.25) is 17.7 Å². The first-order valence-electron chi connectivity index (χ1n) is 24.3. The second-order valence-electron chi connectivity index (χ2n) is 20.1. The van der Waals surface area contributed by atoms with Gasteiger partial charge >= 0.3 is 5.69 Å². The number of nitrogens with one attached hydrogen (secondary N) is 2. The Morgan fingerprint density at radius 1 is 0.985 bits per heavy atom. The van der Waals surface area contributed by atoms with Gasteiger partial charge in [-0.05, 0) is 113 Å². The van der Waals surface area contributed by atoms with Crippen LogP contribution in [0.3, 0.4) is 0 Å². The van der Waals surface area contributed by atoms with Crippen LogP contribution in [0.4, 0.5) is 20.3 Å². The number of hydrogen-bond donors (Lipinski definition) is 2. The number of aromatic nitrogens is 7. The van der Waals surface area contributed by atoms with Crippen LogP contribution in [0.15, 0.2) is 47.7 Å². The molecule has 11 rings (SSSR count). The molecule has 1 spiro atoms. The molecule has 2 N–H and O–H groups in total. The molecule has 6 fully saturated rings. The number of alkyl halides is 2. The SMILES string of the molecule is Cn1c(=O)n(C2CCC(=O)NC2=O)c2cccc(CCC(=O)N3CCC4(CCN(CC5CCC(n6cc(NC(=O)c7cnn8ccc(N9C[C@H]%10C[C@@H]9CO%10)nc78)c(C(F)F)n6)CC5)CC4)CC3)c21. The standard InChI is InChI=1S/C48H58F2N12O6/c1-56-42-30(3-2-4-36(42)62(47(56)67)37-10-11-39(63)54-46(37)66)7-12-40(64)58-21-16-48(17-22-58)14-19-57(20-15-48)25-29-5-8-31(9-6-29)61-27-35(41(55-61)43(49)50)52-45(65)34-24-51-60-18-13-38(53-44(34)60)59-26-33-23-32(59)28-68-33/h2-4,13,18,24,27,29,31-33,37,43H,5-12,14-17,19-23,25-26,28H2,1H3,(H,52,65)(H,54,63,66)/t29?,31?,32-,33-,37?/m1/s1. The minimum Gasteiger partial charge on any atom is -0.374 e. The summed E-state index contributed by atoms with van der Waals surface area (Å²) < 4.78 is 40.6. The lowest BCUT2D eigenvalue weighted by Crippen LogP contribution is -2.49. The summed E-state index contributed by atoms with van der Waals surface area (Å²) >= 11 is 0. The van der Waals surface area contributed by atoms with Crippen molar-refractivity contribution in [2.24, 2.45) is 18.4 Å². The molecule has 1 aliphatic carbocycles. The molecular formula is C48H58F2N12O6. The number of carbonyl (C=O) groups excluding carboxylic acids is 4. The third kappa shape index (κ3) is 8.26. The maximum Gasteiger partial charge on any atom is 0.329 e. The lowest BCUT2D eigenvalue weighted by molar-refractivity contribution is -0.136. The predicted octanol–water partition coefficient (Wildman–Crippen LogP) is 4.79. The quantitative estimate of drug-likeness (QED) is 0.174. The van der Waals surface area contributed by atoms with Crippen LogP contribution in [0.1, 0.15) is 117 Å². The van der Waals surface area contributed by atoms with Gasteiger partial charge in [-0.3, -0.25) is 38.3 Å². The maximum atomic E-state index is 14.4. The second-order valence-corrected chi connectivity index (χ2v) is 20.1. The van der Waals surface area contributed by atoms with E-state index in [0.29, 0.717) is 42.0 Å². The van der Waals surface area contributed by atoms with Gasteiger partial charge < -0.3 is 24.8 Å². The van der Waals surface area contributed by atoms with Crippen molar-refractivity contribution < 1.29 is 32.7 Å². The van der Waals surface area contributed by atoms with Gasteiger partial charge in [0.1, 0.15) is 17.4 Å². The Morgan fingerprint density at radius 2 is 1.76 bits per heavy atom. The van der Waals surface area contributed by atoms with E-state index in [1.165, 1.54) is 15.3 Å². The number of amides is 4. The highest BCUT2D eigenvalue weighted by Crippen LogP contribution is 2.43. The first-order valence-corrected chi connectivity index (χ1v) is 24.3. The number of imidazole rings is 1. The van der Waals surface area contributed by atoms with E-state index in [1.54, 1.807) is 28.7 Å². The Hall–Kier alpha value is -6.02. The van der Waals surface area contributed by atoms with Gasteiger partial charge in [0, 0.05) is 58.5 Å². The van der Waals surface area contributed by atoms with Gasteiger partial charge in [0.15, 0.2) is 11.3 Å². The Kier molecular flexibility index (Phi) is 11.7. The van der Waals surface area contributed by atoms with Crippen molar-refractivity contribution >= 4 is 51.8 Å². The van der Waals surface area contributed by atoms with Gasteiger partial charge in [-0.1, -0.05) is 12.1 Å². The third-order valence-electron chi connectivity index (χ3n) is 16.1. The summed E-state index contributed by atoms with van der Waals surface area (Å²) in [6.07, 6.45) is 11.9. The summed E-state index contributed by atoms with van der Waals surface area (Å²) in [4.78, 5) is 76.5. The Bertz CT molecular complexity index is 2830. The number of nitrogens with zero attached hydrogens (tertiary/aromatic N) is 10. The van der Waals surface area contributed by atoms with Crippen molar-refractivity contribution in [2.75, 3.05) is 56.1 Å². The summed E-state index contributed by atoms with van der Waals surface area (Å²) in [6, 6.07) is 6.91. The number of hydrogen-bond acceptors (Lipinski definition) is 11. The summed E-state index contributed by atoms with van der Waals surface area (Å²) in [6.45, 7) is 5.90. The largest absolute Gasteiger partial charge is 0.374 e. The van der Waals surface area contributed by atoms with Crippen molar-refractivity contribution in [3.8, 4) is 0 Å². The molecule has 1 aromatic carbocycles. The first kappa shape index (κ1) is 44.5. The van der Waals surface area contributed by atoms with Gasteiger partial charge in [-0.25, -0.2) is 23.1 Å². The lowest BCUT2D eigenvalue weighted by atomic mass is 9.71. The van der Waals surface area contributed by atoms with Crippen molar-refractivity contribution in [2.45, 2.75) is 114 Å². The number of para-hydroxylation sites is 1.